The van der Waals surface area contributed by atoms with Crippen molar-refractivity contribution >= 4 is 51.1 Å². The van der Waals surface area contributed by atoms with Gasteiger partial charge in [0.15, 0.2) is 0 Å². The van der Waals surface area contributed by atoms with E-state index in [2.05, 4.69) is 196 Å². The third kappa shape index (κ3) is 8.67. The number of hydrogen-bond donors (Lipinski definition) is 1. The summed E-state index contributed by atoms with van der Waals surface area (Å²) < 4.78 is 5.61. The molecule has 0 unspecified atom stereocenters. The maximum atomic E-state index is 9.97. The zero-order valence-electron chi connectivity index (χ0n) is 34.2. The second kappa shape index (κ2) is 17.7. The summed E-state index contributed by atoms with van der Waals surface area (Å²) in [4.78, 5) is 2.39. The van der Waals surface area contributed by atoms with Gasteiger partial charge in [0.2, 0.25) is 0 Å². The molecule has 0 aliphatic rings. The summed E-state index contributed by atoms with van der Waals surface area (Å²) in [5.41, 5.74) is 16.8. The molecule has 3 nitrogen and oxygen atoms in total. The van der Waals surface area contributed by atoms with E-state index in [1.807, 2.05) is 24.3 Å². The average molecular weight is 768 g/mol. The van der Waals surface area contributed by atoms with Gasteiger partial charge in [-0.2, -0.15) is 0 Å². The molecular formula is C56H49NO2. The number of anilines is 3. The molecular weight excluding hydrogens is 719 g/mol. The number of aryl methyl sites for hydroxylation is 3. The Kier molecular flexibility index (Phi) is 11.7. The molecule has 8 aromatic rings. The van der Waals surface area contributed by atoms with E-state index >= 15 is 0 Å². The lowest BCUT2D eigenvalue weighted by molar-refractivity contribution is 0.282. The van der Waals surface area contributed by atoms with E-state index in [1.54, 1.807) is 7.11 Å². The fourth-order valence-electron chi connectivity index (χ4n) is 7.77. The fourth-order valence-corrected chi connectivity index (χ4v) is 7.77. The van der Waals surface area contributed by atoms with Crippen molar-refractivity contribution in [1.82, 2.24) is 0 Å². The number of methoxy groups -OCH3 is 1. The van der Waals surface area contributed by atoms with Gasteiger partial charge in [-0.15, -0.1) is 0 Å². The summed E-state index contributed by atoms with van der Waals surface area (Å²) >= 11 is 0. The van der Waals surface area contributed by atoms with Gasteiger partial charge in [-0.3, -0.25) is 0 Å². The zero-order valence-corrected chi connectivity index (χ0v) is 34.2. The van der Waals surface area contributed by atoms with Crippen molar-refractivity contribution in [1.29, 1.82) is 0 Å². The van der Waals surface area contributed by atoms with Gasteiger partial charge in [0.1, 0.15) is 5.75 Å². The molecule has 0 saturated carbocycles. The molecule has 1 N–H and O–H groups in total. The normalized spacial score (nSPS) is 11.4. The molecule has 0 atom stereocenters. The van der Waals surface area contributed by atoms with Gasteiger partial charge in [-0.25, -0.2) is 0 Å². The van der Waals surface area contributed by atoms with Crippen molar-refractivity contribution in [2.75, 3.05) is 12.0 Å². The highest BCUT2D eigenvalue weighted by molar-refractivity contribution is 6.06. The number of rotatable bonds is 12. The Labute approximate surface area is 348 Å². The van der Waals surface area contributed by atoms with Crippen LogP contribution in [-0.4, -0.2) is 12.2 Å². The predicted octanol–water partition coefficient (Wildman–Crippen LogP) is 14.2. The standard InChI is InChI=1S/C56H49NO2/c1-5-41-11-9-15-50(34-41)57(49-30-23-42(24-31-49)35-54(46-13-8-12-43(33-46)38-58)47-14-10-16-51(36-47)59-4)56-32-29-48(52-17-6-7-18-53(52)56)37-55(44-25-19-39(2)20-26-44)45-27-21-40(3)22-28-45/h6-37,58H,5,38H2,1-4H3/b54-35+. The molecule has 59 heavy (non-hydrogen) atoms. The summed E-state index contributed by atoms with van der Waals surface area (Å²) in [5, 5.41) is 12.3. The van der Waals surface area contributed by atoms with Gasteiger partial charge >= 0.3 is 0 Å². The lowest BCUT2D eigenvalue weighted by atomic mass is 9.92. The Morgan fingerprint density at radius 1 is 0.525 bits per heavy atom. The number of fused-ring (bicyclic) bond motifs is 1. The van der Waals surface area contributed by atoms with Crippen molar-refractivity contribution in [3.05, 3.63) is 238 Å². The van der Waals surface area contributed by atoms with Gasteiger partial charge in [-0.1, -0.05) is 152 Å². The molecule has 0 fully saturated rings. The number of benzene rings is 8. The molecule has 0 aliphatic carbocycles. The zero-order chi connectivity index (χ0) is 40.7. The molecule has 8 aromatic carbocycles. The topological polar surface area (TPSA) is 32.7 Å². The van der Waals surface area contributed by atoms with Crippen molar-refractivity contribution in [2.45, 2.75) is 33.8 Å². The van der Waals surface area contributed by atoms with Crippen molar-refractivity contribution < 1.29 is 9.84 Å². The first-order valence-corrected chi connectivity index (χ1v) is 20.3. The molecule has 8 rings (SSSR count). The van der Waals surface area contributed by atoms with Crippen LogP contribution in [0.3, 0.4) is 0 Å². The van der Waals surface area contributed by atoms with Crippen LogP contribution in [0.25, 0.3) is 34.1 Å². The van der Waals surface area contributed by atoms with Crippen LogP contribution in [0.15, 0.2) is 182 Å². The maximum absolute atomic E-state index is 9.97. The Hall–Kier alpha value is -6.94. The molecule has 0 aromatic heterocycles. The summed E-state index contributed by atoms with van der Waals surface area (Å²) in [6, 6.07) is 64.9. The van der Waals surface area contributed by atoms with Crippen LogP contribution >= 0.6 is 0 Å². The van der Waals surface area contributed by atoms with Crippen LogP contribution in [0, 0.1) is 13.8 Å². The highest BCUT2D eigenvalue weighted by Gasteiger charge is 2.18. The van der Waals surface area contributed by atoms with Gasteiger partial charge in [-0.05, 0) is 142 Å². The van der Waals surface area contributed by atoms with E-state index in [9.17, 15) is 5.11 Å². The van der Waals surface area contributed by atoms with E-state index < -0.39 is 0 Å². The van der Waals surface area contributed by atoms with Crippen molar-refractivity contribution in [3.8, 4) is 5.75 Å². The highest BCUT2D eigenvalue weighted by Crippen LogP contribution is 2.42. The van der Waals surface area contributed by atoms with Gasteiger partial charge in [0, 0.05) is 16.8 Å². The highest BCUT2D eigenvalue weighted by atomic mass is 16.5. The summed E-state index contributed by atoms with van der Waals surface area (Å²) in [6.07, 6.45) is 5.51. The number of ether oxygens (including phenoxy) is 1. The Morgan fingerprint density at radius 3 is 1.80 bits per heavy atom. The largest absolute Gasteiger partial charge is 0.497 e. The van der Waals surface area contributed by atoms with Gasteiger partial charge < -0.3 is 14.7 Å². The van der Waals surface area contributed by atoms with Crippen molar-refractivity contribution in [2.24, 2.45) is 0 Å². The second-order valence-corrected chi connectivity index (χ2v) is 15.1. The van der Waals surface area contributed by atoms with E-state index in [4.69, 9.17) is 4.74 Å². The van der Waals surface area contributed by atoms with Crippen LogP contribution in [-0.2, 0) is 13.0 Å². The SMILES string of the molecule is CCc1cccc(N(c2ccc(/C=C(\c3cccc(CO)c3)c3cccc(OC)c3)cc2)c2ccc(C=C(c3ccc(C)cc3)c3ccc(C)cc3)c3ccccc23)c1. The minimum Gasteiger partial charge on any atom is -0.497 e. The lowest BCUT2D eigenvalue weighted by Crippen LogP contribution is -2.11. The summed E-state index contributed by atoms with van der Waals surface area (Å²) in [6.45, 7) is 6.46. The number of aliphatic hydroxyl groups is 1. The molecule has 0 aliphatic heterocycles. The first-order chi connectivity index (χ1) is 28.9. The van der Waals surface area contributed by atoms with Crippen LogP contribution in [0.5, 0.6) is 5.75 Å². The average Bonchev–Trinajstić information content (AvgIpc) is 3.29. The molecule has 0 amide bonds. The minimum atomic E-state index is -0.0183. The minimum absolute atomic E-state index is 0.0183. The first-order valence-electron chi connectivity index (χ1n) is 20.3. The third-order valence-electron chi connectivity index (χ3n) is 11.0. The first kappa shape index (κ1) is 38.9. The van der Waals surface area contributed by atoms with Crippen LogP contribution in [0.1, 0.15) is 62.6 Å². The quantitative estimate of drug-likeness (QED) is 0.126. The number of aliphatic hydroxyl groups excluding tert-OH is 1. The smallest absolute Gasteiger partial charge is 0.119 e. The second-order valence-electron chi connectivity index (χ2n) is 15.1. The Bertz CT molecular complexity index is 2680. The molecule has 0 radical (unpaired) electrons. The monoisotopic (exact) mass is 767 g/mol. The molecule has 0 spiro atoms. The molecule has 0 bridgehead atoms. The maximum Gasteiger partial charge on any atom is 0.119 e. The van der Waals surface area contributed by atoms with E-state index in [1.165, 1.54) is 49.7 Å². The van der Waals surface area contributed by atoms with Crippen LogP contribution in [0.4, 0.5) is 17.1 Å². The predicted molar refractivity (Wildman–Crippen MR) is 250 cm³/mol. The lowest BCUT2D eigenvalue weighted by Gasteiger charge is -2.28. The summed E-state index contributed by atoms with van der Waals surface area (Å²) in [5.74, 6) is 0.794. The molecule has 3 heteroatoms. The Balaban J connectivity index is 1.26. The molecule has 0 heterocycles. The van der Waals surface area contributed by atoms with Crippen LogP contribution < -0.4 is 9.64 Å². The van der Waals surface area contributed by atoms with Crippen LogP contribution in [0.2, 0.25) is 0 Å². The van der Waals surface area contributed by atoms with E-state index in [0.29, 0.717) is 0 Å². The molecule has 290 valence electrons. The van der Waals surface area contributed by atoms with Gasteiger partial charge in [0.05, 0.1) is 19.4 Å². The number of nitrogens with zero attached hydrogens (tertiary/aromatic N) is 1. The molecule has 0 saturated heterocycles. The fraction of sp³-hybridized carbons (Fsp3) is 0.107. The number of hydrogen-bond acceptors (Lipinski definition) is 3. The van der Waals surface area contributed by atoms with Crippen molar-refractivity contribution in [3.63, 3.8) is 0 Å². The van der Waals surface area contributed by atoms with E-state index in [-0.39, 0.29) is 6.61 Å². The van der Waals surface area contributed by atoms with E-state index in [0.717, 1.165) is 57.1 Å². The summed E-state index contributed by atoms with van der Waals surface area (Å²) in [7, 11) is 1.69. The third-order valence-corrected chi connectivity index (χ3v) is 11.0. The van der Waals surface area contributed by atoms with Gasteiger partial charge in [0.25, 0.3) is 0 Å². The Morgan fingerprint density at radius 2 is 1.14 bits per heavy atom.